The number of amides is 1. The van der Waals surface area contributed by atoms with Gasteiger partial charge in [0.25, 0.3) is 0 Å². The fraction of sp³-hybridized carbons (Fsp3) is 0.500. The SMILES string of the molecule is CC(C)c1ccc(CN(C)C(C)C(N)=O)cc1. The molecular weight excluding hydrogens is 212 g/mol. The molecule has 1 aromatic carbocycles. The number of primary amides is 1. The standard InChI is InChI=1S/C14H22N2O/c1-10(2)13-7-5-12(6-8-13)9-16(4)11(3)14(15)17/h5-8,10-11H,9H2,1-4H3,(H2,15,17). The first kappa shape index (κ1) is 13.7. The Bertz CT molecular complexity index is 370. The summed E-state index contributed by atoms with van der Waals surface area (Å²) in [4.78, 5) is 13.0. The van der Waals surface area contributed by atoms with E-state index in [9.17, 15) is 4.79 Å². The molecule has 0 bridgehead atoms. The largest absolute Gasteiger partial charge is 0.368 e. The number of rotatable bonds is 5. The van der Waals surface area contributed by atoms with Crippen LogP contribution in [0.2, 0.25) is 0 Å². The zero-order valence-corrected chi connectivity index (χ0v) is 11.1. The molecule has 0 aliphatic heterocycles. The summed E-state index contributed by atoms with van der Waals surface area (Å²) < 4.78 is 0. The smallest absolute Gasteiger partial charge is 0.234 e. The minimum Gasteiger partial charge on any atom is -0.368 e. The average molecular weight is 234 g/mol. The Balaban J connectivity index is 2.66. The van der Waals surface area contributed by atoms with Crippen LogP contribution in [-0.2, 0) is 11.3 Å². The third kappa shape index (κ3) is 3.86. The predicted octanol–water partition coefficient (Wildman–Crippen LogP) is 2.12. The summed E-state index contributed by atoms with van der Waals surface area (Å²) in [5.74, 6) is 0.262. The van der Waals surface area contributed by atoms with E-state index in [2.05, 4.69) is 38.1 Å². The lowest BCUT2D eigenvalue weighted by Crippen LogP contribution is -2.39. The van der Waals surface area contributed by atoms with Gasteiger partial charge in [-0.15, -0.1) is 0 Å². The second-order valence-electron chi connectivity index (χ2n) is 4.89. The highest BCUT2D eigenvalue weighted by Crippen LogP contribution is 2.15. The maximum atomic E-state index is 11.1. The summed E-state index contributed by atoms with van der Waals surface area (Å²) >= 11 is 0. The van der Waals surface area contributed by atoms with Crippen LogP contribution in [0.4, 0.5) is 0 Å². The second-order valence-corrected chi connectivity index (χ2v) is 4.89. The van der Waals surface area contributed by atoms with Crippen LogP contribution in [0.5, 0.6) is 0 Å². The van der Waals surface area contributed by atoms with Crippen molar-refractivity contribution in [1.82, 2.24) is 4.90 Å². The second kappa shape index (κ2) is 5.82. The predicted molar refractivity (Wildman–Crippen MR) is 70.7 cm³/mol. The van der Waals surface area contributed by atoms with Crippen LogP contribution in [0.15, 0.2) is 24.3 Å². The minimum absolute atomic E-state index is 0.236. The molecule has 1 amide bonds. The molecule has 0 fully saturated rings. The summed E-state index contributed by atoms with van der Waals surface area (Å²) in [6.45, 7) is 6.92. The third-order valence-electron chi connectivity index (χ3n) is 3.15. The van der Waals surface area contributed by atoms with E-state index in [1.165, 1.54) is 11.1 Å². The van der Waals surface area contributed by atoms with Crippen LogP contribution in [0.25, 0.3) is 0 Å². The van der Waals surface area contributed by atoms with E-state index in [4.69, 9.17) is 5.73 Å². The number of carbonyl (C=O) groups excluding carboxylic acids is 1. The third-order valence-corrected chi connectivity index (χ3v) is 3.15. The first-order chi connectivity index (χ1) is 7.91. The van der Waals surface area contributed by atoms with Gasteiger partial charge >= 0.3 is 0 Å². The van der Waals surface area contributed by atoms with Gasteiger partial charge in [0.15, 0.2) is 0 Å². The van der Waals surface area contributed by atoms with Gasteiger partial charge in [-0.25, -0.2) is 0 Å². The summed E-state index contributed by atoms with van der Waals surface area (Å²) in [6, 6.07) is 8.27. The molecule has 0 heterocycles. The van der Waals surface area contributed by atoms with E-state index < -0.39 is 0 Å². The van der Waals surface area contributed by atoms with Gasteiger partial charge in [0.1, 0.15) is 0 Å². The van der Waals surface area contributed by atoms with Gasteiger partial charge in [-0.1, -0.05) is 38.1 Å². The molecule has 1 aromatic rings. The molecule has 0 aliphatic carbocycles. The van der Waals surface area contributed by atoms with E-state index in [-0.39, 0.29) is 11.9 Å². The summed E-state index contributed by atoms with van der Waals surface area (Å²) in [6.07, 6.45) is 0. The Hall–Kier alpha value is -1.35. The fourth-order valence-electron chi connectivity index (χ4n) is 1.65. The number of nitrogens with two attached hydrogens (primary N) is 1. The molecule has 0 radical (unpaired) electrons. The Morgan fingerprint density at radius 1 is 1.24 bits per heavy atom. The van der Waals surface area contributed by atoms with Crippen LogP contribution in [-0.4, -0.2) is 23.9 Å². The molecule has 3 heteroatoms. The first-order valence-electron chi connectivity index (χ1n) is 6.00. The van der Waals surface area contributed by atoms with Gasteiger partial charge in [-0.2, -0.15) is 0 Å². The molecule has 17 heavy (non-hydrogen) atoms. The van der Waals surface area contributed by atoms with Gasteiger partial charge < -0.3 is 5.73 Å². The van der Waals surface area contributed by atoms with Crippen molar-refractivity contribution in [2.45, 2.75) is 39.3 Å². The van der Waals surface area contributed by atoms with E-state index in [0.29, 0.717) is 5.92 Å². The highest BCUT2D eigenvalue weighted by atomic mass is 16.1. The number of benzene rings is 1. The molecule has 1 rings (SSSR count). The normalized spacial score (nSPS) is 13.1. The minimum atomic E-state index is -0.286. The molecule has 0 aliphatic rings. The Labute approximate surface area is 104 Å². The molecule has 0 saturated carbocycles. The highest BCUT2D eigenvalue weighted by molar-refractivity contribution is 5.79. The van der Waals surface area contributed by atoms with Gasteiger partial charge in [-0.05, 0) is 31.0 Å². The summed E-state index contributed by atoms with van der Waals surface area (Å²) in [5, 5.41) is 0. The van der Waals surface area contributed by atoms with Crippen molar-refractivity contribution in [3.05, 3.63) is 35.4 Å². The Kier molecular flexibility index (Phi) is 4.70. The molecule has 1 unspecified atom stereocenters. The summed E-state index contributed by atoms with van der Waals surface area (Å²) in [5.41, 5.74) is 7.81. The highest BCUT2D eigenvalue weighted by Gasteiger charge is 2.14. The molecule has 2 N–H and O–H groups in total. The van der Waals surface area contributed by atoms with Gasteiger partial charge in [-0.3, -0.25) is 9.69 Å². The topological polar surface area (TPSA) is 46.3 Å². The van der Waals surface area contributed by atoms with Crippen molar-refractivity contribution in [2.75, 3.05) is 7.05 Å². The molecule has 3 nitrogen and oxygen atoms in total. The number of hydrogen-bond donors (Lipinski definition) is 1. The van der Waals surface area contributed by atoms with Gasteiger partial charge in [0.05, 0.1) is 6.04 Å². The lowest BCUT2D eigenvalue weighted by molar-refractivity contribution is -0.122. The van der Waals surface area contributed by atoms with Crippen molar-refractivity contribution < 1.29 is 4.79 Å². The number of carbonyl (C=O) groups is 1. The van der Waals surface area contributed by atoms with Crippen molar-refractivity contribution in [1.29, 1.82) is 0 Å². The zero-order chi connectivity index (χ0) is 13.0. The Morgan fingerprint density at radius 2 is 1.76 bits per heavy atom. The molecule has 94 valence electrons. The van der Waals surface area contributed by atoms with Gasteiger partial charge in [0, 0.05) is 6.54 Å². The maximum Gasteiger partial charge on any atom is 0.234 e. The molecule has 0 spiro atoms. The lowest BCUT2D eigenvalue weighted by atomic mass is 10.0. The molecule has 1 atom stereocenters. The van der Waals surface area contributed by atoms with E-state index >= 15 is 0 Å². The van der Waals surface area contributed by atoms with E-state index in [1.54, 1.807) is 0 Å². The Morgan fingerprint density at radius 3 is 2.18 bits per heavy atom. The number of likely N-dealkylation sites (N-methyl/N-ethyl adjacent to an activating group) is 1. The maximum absolute atomic E-state index is 11.1. The van der Waals surface area contributed by atoms with Crippen LogP contribution in [0.1, 0.15) is 37.8 Å². The van der Waals surface area contributed by atoms with Crippen LogP contribution in [0, 0.1) is 0 Å². The lowest BCUT2D eigenvalue weighted by Gasteiger charge is -2.22. The fourth-order valence-corrected chi connectivity index (χ4v) is 1.65. The number of nitrogens with zero attached hydrogens (tertiary/aromatic N) is 1. The van der Waals surface area contributed by atoms with E-state index in [1.807, 2.05) is 18.9 Å². The first-order valence-corrected chi connectivity index (χ1v) is 6.00. The van der Waals surface area contributed by atoms with E-state index in [0.717, 1.165) is 6.54 Å². The number of hydrogen-bond acceptors (Lipinski definition) is 2. The molecule has 0 saturated heterocycles. The van der Waals surface area contributed by atoms with Gasteiger partial charge in [0.2, 0.25) is 5.91 Å². The van der Waals surface area contributed by atoms with Crippen LogP contribution in [0.3, 0.4) is 0 Å². The molecular formula is C14H22N2O. The van der Waals surface area contributed by atoms with Crippen molar-refractivity contribution >= 4 is 5.91 Å². The zero-order valence-electron chi connectivity index (χ0n) is 11.1. The monoisotopic (exact) mass is 234 g/mol. The van der Waals surface area contributed by atoms with Crippen molar-refractivity contribution in [3.63, 3.8) is 0 Å². The quantitative estimate of drug-likeness (QED) is 0.848. The van der Waals surface area contributed by atoms with Crippen LogP contribution < -0.4 is 5.73 Å². The molecule has 0 aromatic heterocycles. The van der Waals surface area contributed by atoms with Crippen molar-refractivity contribution in [2.24, 2.45) is 5.73 Å². The average Bonchev–Trinajstić information content (AvgIpc) is 2.28. The van der Waals surface area contributed by atoms with Crippen LogP contribution >= 0.6 is 0 Å². The summed E-state index contributed by atoms with van der Waals surface area (Å²) in [7, 11) is 1.91. The van der Waals surface area contributed by atoms with Crippen molar-refractivity contribution in [3.8, 4) is 0 Å².